The summed E-state index contributed by atoms with van der Waals surface area (Å²) in [5, 5.41) is 16.3. The van der Waals surface area contributed by atoms with E-state index in [1.165, 1.54) is 0 Å². The molecule has 6 heteroatoms. The maximum atomic E-state index is 9.38. The SMILES string of the molecule is O[C@@H]1CN[C@H](c2nc(-c3ccco3)no2)C1. The third-order valence-corrected chi connectivity index (χ3v) is 2.59. The van der Waals surface area contributed by atoms with Crippen LogP contribution in [-0.2, 0) is 0 Å². The molecule has 6 nitrogen and oxygen atoms in total. The van der Waals surface area contributed by atoms with E-state index in [-0.39, 0.29) is 12.1 Å². The van der Waals surface area contributed by atoms with E-state index < -0.39 is 0 Å². The average Bonchev–Trinajstić information content (AvgIpc) is 2.97. The Kier molecular flexibility index (Phi) is 2.23. The van der Waals surface area contributed by atoms with Gasteiger partial charge >= 0.3 is 0 Å². The van der Waals surface area contributed by atoms with Gasteiger partial charge in [-0.3, -0.25) is 0 Å². The molecule has 1 aliphatic rings. The lowest BCUT2D eigenvalue weighted by Gasteiger charge is -2.01. The Morgan fingerprint density at radius 1 is 1.50 bits per heavy atom. The highest BCUT2D eigenvalue weighted by atomic mass is 16.5. The summed E-state index contributed by atoms with van der Waals surface area (Å²) in [6.45, 7) is 0.559. The first-order valence-corrected chi connectivity index (χ1v) is 5.12. The van der Waals surface area contributed by atoms with E-state index in [4.69, 9.17) is 8.94 Å². The van der Waals surface area contributed by atoms with E-state index in [1.54, 1.807) is 18.4 Å². The van der Waals surface area contributed by atoms with Crippen LogP contribution in [0.4, 0.5) is 0 Å². The van der Waals surface area contributed by atoms with Gasteiger partial charge in [0.25, 0.3) is 0 Å². The maximum absolute atomic E-state index is 9.38. The van der Waals surface area contributed by atoms with Crippen molar-refractivity contribution in [1.29, 1.82) is 0 Å². The van der Waals surface area contributed by atoms with Crippen molar-refractivity contribution in [2.45, 2.75) is 18.6 Å². The van der Waals surface area contributed by atoms with Gasteiger partial charge in [0.05, 0.1) is 18.4 Å². The lowest BCUT2D eigenvalue weighted by Crippen LogP contribution is -2.15. The van der Waals surface area contributed by atoms with Crippen molar-refractivity contribution in [3.05, 3.63) is 24.3 Å². The van der Waals surface area contributed by atoms with Crippen LogP contribution in [0.1, 0.15) is 18.4 Å². The van der Waals surface area contributed by atoms with Gasteiger partial charge in [-0.15, -0.1) is 0 Å². The Bertz CT molecular complexity index is 465. The summed E-state index contributed by atoms with van der Waals surface area (Å²) in [5.74, 6) is 1.50. The van der Waals surface area contributed by atoms with Crippen molar-refractivity contribution < 1.29 is 14.0 Å². The molecule has 0 unspecified atom stereocenters. The zero-order valence-corrected chi connectivity index (χ0v) is 8.46. The summed E-state index contributed by atoms with van der Waals surface area (Å²) in [6.07, 6.45) is 1.81. The number of furan rings is 1. The first-order chi connectivity index (χ1) is 7.83. The van der Waals surface area contributed by atoms with E-state index in [9.17, 15) is 5.11 Å². The van der Waals surface area contributed by atoms with Crippen LogP contribution in [-0.4, -0.2) is 27.9 Å². The van der Waals surface area contributed by atoms with Gasteiger partial charge in [0, 0.05) is 6.54 Å². The highest BCUT2D eigenvalue weighted by Gasteiger charge is 2.28. The highest BCUT2D eigenvalue weighted by molar-refractivity contribution is 5.44. The number of aliphatic hydroxyl groups is 1. The van der Waals surface area contributed by atoms with E-state index >= 15 is 0 Å². The molecule has 0 aliphatic carbocycles. The van der Waals surface area contributed by atoms with Crippen molar-refractivity contribution in [3.8, 4) is 11.6 Å². The Hall–Kier alpha value is -1.66. The third-order valence-electron chi connectivity index (χ3n) is 2.59. The molecule has 1 saturated heterocycles. The second kappa shape index (κ2) is 3.73. The molecule has 1 aliphatic heterocycles. The van der Waals surface area contributed by atoms with Crippen LogP contribution in [0.2, 0.25) is 0 Å². The van der Waals surface area contributed by atoms with Crippen LogP contribution in [0.15, 0.2) is 27.3 Å². The number of hydrogen-bond acceptors (Lipinski definition) is 6. The Labute approximate surface area is 91.3 Å². The molecular weight excluding hydrogens is 210 g/mol. The minimum atomic E-state index is -0.344. The molecule has 1 fully saturated rings. The molecule has 0 saturated carbocycles. The predicted octanol–water partition coefficient (Wildman–Crippen LogP) is 0.725. The van der Waals surface area contributed by atoms with Gasteiger partial charge in [-0.2, -0.15) is 4.98 Å². The standard InChI is InChI=1S/C10H11N3O3/c14-6-4-7(11-5-6)10-12-9(13-16-10)8-2-1-3-15-8/h1-3,6-7,11,14H,4-5H2/t6-,7-/m0/s1. The zero-order chi connectivity index (χ0) is 11.0. The lowest BCUT2D eigenvalue weighted by molar-refractivity contribution is 0.191. The van der Waals surface area contributed by atoms with Gasteiger partial charge in [-0.05, 0) is 18.6 Å². The summed E-state index contributed by atoms with van der Waals surface area (Å²) in [7, 11) is 0. The number of aromatic nitrogens is 2. The quantitative estimate of drug-likeness (QED) is 0.777. The maximum Gasteiger partial charge on any atom is 0.244 e. The van der Waals surface area contributed by atoms with Crippen LogP contribution in [0.3, 0.4) is 0 Å². The van der Waals surface area contributed by atoms with Crippen LogP contribution in [0, 0.1) is 0 Å². The summed E-state index contributed by atoms with van der Waals surface area (Å²) in [4.78, 5) is 4.22. The fourth-order valence-electron chi connectivity index (χ4n) is 1.79. The minimum absolute atomic E-state index is 0.0637. The number of nitrogens with one attached hydrogen (secondary N) is 1. The highest BCUT2D eigenvalue weighted by Crippen LogP contribution is 2.24. The predicted molar refractivity (Wildman–Crippen MR) is 53.4 cm³/mol. The van der Waals surface area contributed by atoms with Crippen LogP contribution in [0.25, 0.3) is 11.6 Å². The van der Waals surface area contributed by atoms with Gasteiger partial charge < -0.3 is 19.4 Å². The third kappa shape index (κ3) is 1.62. The molecule has 0 amide bonds. The first kappa shape index (κ1) is 9.56. The number of rotatable bonds is 2. The minimum Gasteiger partial charge on any atom is -0.461 e. The molecule has 0 bridgehead atoms. The van der Waals surface area contributed by atoms with Gasteiger partial charge in [0.15, 0.2) is 5.76 Å². The molecule has 2 atom stereocenters. The largest absolute Gasteiger partial charge is 0.461 e. The van der Waals surface area contributed by atoms with Crippen molar-refractivity contribution in [2.75, 3.05) is 6.54 Å². The summed E-state index contributed by atoms with van der Waals surface area (Å²) >= 11 is 0. The topological polar surface area (TPSA) is 84.3 Å². The van der Waals surface area contributed by atoms with Gasteiger partial charge in [0.1, 0.15) is 0 Å². The average molecular weight is 221 g/mol. The summed E-state index contributed by atoms with van der Waals surface area (Å²) in [5.41, 5.74) is 0. The molecule has 0 aromatic carbocycles. The van der Waals surface area contributed by atoms with Gasteiger partial charge in [0.2, 0.25) is 11.7 Å². The first-order valence-electron chi connectivity index (χ1n) is 5.12. The number of β-amino-alcohol motifs (C(OH)–C–C–N with tert-alkyl or cyclic N) is 1. The van der Waals surface area contributed by atoms with Gasteiger partial charge in [-0.1, -0.05) is 5.16 Å². The van der Waals surface area contributed by atoms with Gasteiger partial charge in [-0.25, -0.2) is 0 Å². The van der Waals surface area contributed by atoms with Crippen LogP contribution >= 0.6 is 0 Å². The van der Waals surface area contributed by atoms with E-state index in [1.807, 2.05) is 0 Å². The smallest absolute Gasteiger partial charge is 0.244 e. The Morgan fingerprint density at radius 2 is 2.44 bits per heavy atom. The Balaban J connectivity index is 1.83. The molecule has 3 rings (SSSR count). The summed E-state index contributed by atoms with van der Waals surface area (Å²) in [6, 6.07) is 3.47. The Morgan fingerprint density at radius 3 is 3.12 bits per heavy atom. The molecule has 16 heavy (non-hydrogen) atoms. The van der Waals surface area contributed by atoms with E-state index in [0.29, 0.717) is 30.4 Å². The molecule has 0 radical (unpaired) electrons. The van der Waals surface area contributed by atoms with Crippen molar-refractivity contribution >= 4 is 0 Å². The molecule has 3 heterocycles. The van der Waals surface area contributed by atoms with Crippen molar-refractivity contribution in [2.24, 2.45) is 0 Å². The molecule has 2 aromatic rings. The van der Waals surface area contributed by atoms with Crippen LogP contribution in [0.5, 0.6) is 0 Å². The number of hydrogen-bond donors (Lipinski definition) is 2. The fourth-order valence-corrected chi connectivity index (χ4v) is 1.79. The molecular formula is C10H11N3O3. The van der Waals surface area contributed by atoms with Crippen molar-refractivity contribution in [3.63, 3.8) is 0 Å². The molecule has 0 spiro atoms. The second-order valence-electron chi connectivity index (χ2n) is 3.78. The van der Waals surface area contributed by atoms with Crippen molar-refractivity contribution in [1.82, 2.24) is 15.5 Å². The summed E-state index contributed by atoms with van der Waals surface area (Å²) < 4.78 is 10.3. The molecule has 2 aromatic heterocycles. The monoisotopic (exact) mass is 221 g/mol. The zero-order valence-electron chi connectivity index (χ0n) is 8.46. The lowest BCUT2D eigenvalue weighted by atomic mass is 10.2. The molecule has 84 valence electrons. The van der Waals surface area contributed by atoms with Crippen LogP contribution < -0.4 is 5.32 Å². The van der Waals surface area contributed by atoms with E-state index in [2.05, 4.69) is 15.5 Å². The number of nitrogens with zero attached hydrogens (tertiary/aromatic N) is 2. The molecule has 2 N–H and O–H groups in total. The van der Waals surface area contributed by atoms with E-state index in [0.717, 1.165) is 0 Å². The normalized spacial score (nSPS) is 25.1. The number of aliphatic hydroxyl groups excluding tert-OH is 1. The fraction of sp³-hybridized carbons (Fsp3) is 0.400. The second-order valence-corrected chi connectivity index (χ2v) is 3.78.